The highest BCUT2D eigenvalue weighted by molar-refractivity contribution is 7.92. The Hall–Kier alpha value is -2.90. The quantitative estimate of drug-likeness (QED) is 0.411. The van der Waals surface area contributed by atoms with E-state index in [2.05, 4.69) is 35.6 Å². The average Bonchev–Trinajstić information content (AvgIpc) is 3.06. The number of rotatable bonds is 4. The van der Waals surface area contributed by atoms with Crippen LogP contribution in [0.25, 0.3) is 16.6 Å². The minimum Gasteiger partial charge on any atom is -0.263 e. The Balaban J connectivity index is 1.78. The van der Waals surface area contributed by atoms with Gasteiger partial charge in [0.25, 0.3) is 10.0 Å². The van der Waals surface area contributed by atoms with Gasteiger partial charge in [-0.05, 0) is 60.7 Å². The molecule has 0 atom stereocenters. The number of nitrogens with one attached hydrogen (secondary N) is 1. The molecule has 166 valence electrons. The van der Waals surface area contributed by atoms with E-state index in [1.165, 1.54) is 0 Å². The minimum atomic E-state index is -3.81. The van der Waals surface area contributed by atoms with E-state index in [1.807, 2.05) is 38.1 Å². The van der Waals surface area contributed by atoms with Gasteiger partial charge in [0.1, 0.15) is 5.82 Å². The van der Waals surface area contributed by atoms with Crippen LogP contribution in [0.3, 0.4) is 0 Å². The van der Waals surface area contributed by atoms with Crippen molar-refractivity contribution in [3.8, 4) is 5.69 Å². The zero-order chi connectivity index (χ0) is 23.3. The number of aryl methyl sites for hydroxylation is 2. The molecule has 0 radical (unpaired) electrons. The van der Waals surface area contributed by atoms with Crippen LogP contribution < -0.4 is 4.72 Å². The SMILES string of the molecule is Cc1cnc2c(Cl)ccc(-n3nc(C)cc3NS(=O)(=O)c3ccc(C(C)(C)C)cc3)c2c1. The van der Waals surface area contributed by atoms with Crippen LogP contribution in [0.1, 0.15) is 37.6 Å². The van der Waals surface area contributed by atoms with Crippen molar-refractivity contribution in [1.29, 1.82) is 0 Å². The van der Waals surface area contributed by atoms with Crippen LogP contribution in [0.4, 0.5) is 5.82 Å². The van der Waals surface area contributed by atoms with Gasteiger partial charge in [-0.3, -0.25) is 9.71 Å². The lowest BCUT2D eigenvalue weighted by Gasteiger charge is -2.19. The second-order valence-corrected chi connectivity index (χ2v) is 11.0. The Morgan fingerprint density at radius 3 is 2.34 bits per heavy atom. The molecular formula is C24H25ClN4O2S. The Morgan fingerprint density at radius 1 is 1.00 bits per heavy atom. The number of sulfonamides is 1. The summed E-state index contributed by atoms with van der Waals surface area (Å²) in [5.74, 6) is 0.340. The van der Waals surface area contributed by atoms with Crippen LogP contribution in [-0.4, -0.2) is 23.2 Å². The smallest absolute Gasteiger partial charge is 0.263 e. The Morgan fingerprint density at radius 2 is 1.69 bits per heavy atom. The standard InChI is InChI=1S/C24H25ClN4O2S/c1-15-12-19-21(11-10-20(25)23(19)26-14-15)29-22(13-16(2)27-29)28-32(30,31)18-8-6-17(7-9-18)24(3,4)5/h6-14,28H,1-5H3. The molecule has 0 saturated carbocycles. The molecule has 8 heteroatoms. The lowest BCUT2D eigenvalue weighted by atomic mass is 9.87. The van der Waals surface area contributed by atoms with Crippen molar-refractivity contribution in [2.45, 2.75) is 44.9 Å². The molecule has 2 heterocycles. The van der Waals surface area contributed by atoms with Gasteiger partial charge < -0.3 is 0 Å². The molecule has 0 amide bonds. The lowest BCUT2D eigenvalue weighted by molar-refractivity contribution is 0.587. The zero-order valence-electron chi connectivity index (χ0n) is 18.6. The maximum Gasteiger partial charge on any atom is 0.263 e. The van der Waals surface area contributed by atoms with Crippen molar-refractivity contribution in [2.24, 2.45) is 0 Å². The first-order chi connectivity index (χ1) is 15.0. The lowest BCUT2D eigenvalue weighted by Crippen LogP contribution is -2.17. The summed E-state index contributed by atoms with van der Waals surface area (Å²) in [5.41, 5.74) is 3.96. The predicted octanol–water partition coefficient (Wildman–Crippen LogP) is 5.79. The van der Waals surface area contributed by atoms with Crippen LogP contribution in [-0.2, 0) is 15.4 Å². The number of hydrogen-bond acceptors (Lipinski definition) is 4. The van der Waals surface area contributed by atoms with Gasteiger partial charge in [-0.25, -0.2) is 13.1 Å². The van der Waals surface area contributed by atoms with E-state index < -0.39 is 10.0 Å². The van der Waals surface area contributed by atoms with Gasteiger partial charge in [0.2, 0.25) is 0 Å². The maximum atomic E-state index is 13.1. The molecule has 1 N–H and O–H groups in total. The van der Waals surface area contributed by atoms with E-state index in [0.29, 0.717) is 27.7 Å². The second kappa shape index (κ2) is 7.90. The minimum absolute atomic E-state index is 0.0622. The van der Waals surface area contributed by atoms with Crippen molar-refractivity contribution in [1.82, 2.24) is 14.8 Å². The van der Waals surface area contributed by atoms with Gasteiger partial charge in [0, 0.05) is 17.6 Å². The molecule has 0 bridgehead atoms. The first-order valence-corrected chi connectivity index (χ1v) is 12.1. The van der Waals surface area contributed by atoms with Gasteiger partial charge in [-0.15, -0.1) is 0 Å². The van der Waals surface area contributed by atoms with E-state index in [-0.39, 0.29) is 10.3 Å². The van der Waals surface area contributed by atoms with E-state index in [1.54, 1.807) is 35.1 Å². The molecule has 4 rings (SSSR count). The van der Waals surface area contributed by atoms with Crippen molar-refractivity contribution in [3.63, 3.8) is 0 Å². The third-order valence-electron chi connectivity index (χ3n) is 5.24. The van der Waals surface area contributed by atoms with Crippen LogP contribution in [0, 0.1) is 13.8 Å². The van der Waals surface area contributed by atoms with Crippen LogP contribution in [0.5, 0.6) is 0 Å². The van der Waals surface area contributed by atoms with Crippen LogP contribution >= 0.6 is 11.6 Å². The van der Waals surface area contributed by atoms with E-state index in [0.717, 1.165) is 16.5 Å². The van der Waals surface area contributed by atoms with Gasteiger partial charge in [-0.2, -0.15) is 5.10 Å². The molecule has 0 aliphatic heterocycles. The molecule has 0 saturated heterocycles. The largest absolute Gasteiger partial charge is 0.263 e. The molecule has 0 unspecified atom stereocenters. The number of fused-ring (bicyclic) bond motifs is 1. The van der Waals surface area contributed by atoms with Crippen molar-refractivity contribution in [3.05, 3.63) is 76.6 Å². The zero-order valence-corrected chi connectivity index (χ0v) is 20.2. The summed E-state index contributed by atoms with van der Waals surface area (Å²) in [4.78, 5) is 4.63. The summed E-state index contributed by atoms with van der Waals surface area (Å²) in [7, 11) is -3.81. The summed E-state index contributed by atoms with van der Waals surface area (Å²) in [6.07, 6.45) is 1.75. The Bertz CT molecular complexity index is 1420. The maximum absolute atomic E-state index is 13.1. The molecule has 6 nitrogen and oxygen atoms in total. The summed E-state index contributed by atoms with van der Waals surface area (Å²) in [5, 5.41) is 5.84. The van der Waals surface area contributed by atoms with E-state index in [4.69, 9.17) is 11.6 Å². The first-order valence-electron chi connectivity index (χ1n) is 10.2. The molecule has 0 fully saturated rings. The highest BCUT2D eigenvalue weighted by Crippen LogP contribution is 2.31. The fourth-order valence-electron chi connectivity index (χ4n) is 3.55. The van der Waals surface area contributed by atoms with Gasteiger partial charge in [0.15, 0.2) is 0 Å². The fourth-order valence-corrected chi connectivity index (χ4v) is 4.79. The molecule has 0 aliphatic carbocycles. The number of nitrogens with zero attached hydrogens (tertiary/aromatic N) is 3. The summed E-state index contributed by atoms with van der Waals surface area (Å²) < 4.78 is 30.6. The molecule has 2 aromatic heterocycles. The highest BCUT2D eigenvalue weighted by Gasteiger charge is 2.21. The van der Waals surface area contributed by atoms with Gasteiger partial charge in [0.05, 0.1) is 26.8 Å². The topological polar surface area (TPSA) is 76.9 Å². The fraction of sp³-hybridized carbons (Fsp3) is 0.250. The molecule has 2 aromatic carbocycles. The van der Waals surface area contributed by atoms with Crippen LogP contribution in [0.2, 0.25) is 5.02 Å². The number of halogens is 1. The number of benzene rings is 2. The Kier molecular flexibility index (Phi) is 5.51. The summed E-state index contributed by atoms with van der Waals surface area (Å²) in [6.45, 7) is 10.0. The third-order valence-corrected chi connectivity index (χ3v) is 6.92. The highest BCUT2D eigenvalue weighted by atomic mass is 35.5. The number of hydrogen-bond donors (Lipinski definition) is 1. The van der Waals surface area contributed by atoms with E-state index >= 15 is 0 Å². The van der Waals surface area contributed by atoms with Gasteiger partial charge >= 0.3 is 0 Å². The van der Waals surface area contributed by atoms with Gasteiger partial charge in [-0.1, -0.05) is 44.5 Å². The summed E-state index contributed by atoms with van der Waals surface area (Å²) in [6, 6.07) is 14.2. The van der Waals surface area contributed by atoms with Crippen molar-refractivity contribution >= 4 is 38.3 Å². The second-order valence-electron chi connectivity index (χ2n) is 8.94. The normalized spacial score (nSPS) is 12.3. The average molecular weight is 469 g/mol. The van der Waals surface area contributed by atoms with Crippen molar-refractivity contribution < 1.29 is 8.42 Å². The van der Waals surface area contributed by atoms with E-state index in [9.17, 15) is 8.42 Å². The Labute approximate surface area is 193 Å². The molecule has 0 spiro atoms. The predicted molar refractivity (Wildman–Crippen MR) is 129 cm³/mol. The molecule has 32 heavy (non-hydrogen) atoms. The molecule has 0 aliphatic rings. The van der Waals surface area contributed by atoms with Crippen molar-refractivity contribution in [2.75, 3.05) is 4.72 Å². The first kappa shape index (κ1) is 22.3. The number of aromatic nitrogens is 3. The number of pyridine rings is 1. The number of anilines is 1. The molecule has 4 aromatic rings. The summed E-state index contributed by atoms with van der Waals surface area (Å²) >= 11 is 6.34. The monoisotopic (exact) mass is 468 g/mol. The van der Waals surface area contributed by atoms with Crippen LogP contribution in [0.15, 0.2) is 59.6 Å². The third kappa shape index (κ3) is 4.23. The molecular weight excluding hydrogens is 444 g/mol.